The summed E-state index contributed by atoms with van der Waals surface area (Å²) in [6, 6.07) is 8.60. The first-order valence-corrected chi connectivity index (χ1v) is 11.3. The molecule has 1 amide bonds. The molecule has 0 saturated carbocycles. The van der Waals surface area contributed by atoms with Crippen molar-refractivity contribution < 1.29 is 41.0 Å². The van der Waals surface area contributed by atoms with E-state index in [1.165, 1.54) is 25.1 Å². The van der Waals surface area contributed by atoms with Gasteiger partial charge < -0.3 is 10.4 Å². The zero-order chi connectivity index (χ0) is 27.6. The van der Waals surface area contributed by atoms with Crippen LogP contribution in [0.1, 0.15) is 50.3 Å². The van der Waals surface area contributed by atoms with E-state index in [2.05, 4.69) is 5.32 Å². The van der Waals surface area contributed by atoms with E-state index in [1.807, 2.05) is 0 Å². The summed E-state index contributed by atoms with van der Waals surface area (Å²) in [7, 11) is 0. The van der Waals surface area contributed by atoms with Gasteiger partial charge in [0.15, 0.2) is 0 Å². The number of rotatable bonds is 8. The van der Waals surface area contributed by atoms with Gasteiger partial charge in [0.2, 0.25) is 5.91 Å². The number of benzene rings is 2. The Morgan fingerprint density at radius 1 is 0.972 bits per heavy atom. The molecule has 0 heterocycles. The first-order chi connectivity index (χ1) is 16.4. The number of carbonyl (C=O) groups is 2. The monoisotopic (exact) mass is 537 g/mol. The summed E-state index contributed by atoms with van der Waals surface area (Å²) in [5.74, 6) is -6.83. The minimum Gasteiger partial charge on any atom is -0.481 e. The van der Waals surface area contributed by atoms with E-state index in [9.17, 15) is 35.9 Å². The Bertz CT molecular complexity index is 1100. The maximum Gasteiger partial charge on any atom is 0.397 e. The Hall–Kier alpha value is -2.75. The van der Waals surface area contributed by atoms with Crippen molar-refractivity contribution in [3.63, 3.8) is 0 Å². The topological polar surface area (TPSA) is 66.4 Å². The van der Waals surface area contributed by atoms with Gasteiger partial charge in [-0.25, -0.2) is 0 Å². The molecule has 0 spiro atoms. The van der Waals surface area contributed by atoms with Crippen LogP contribution in [0.2, 0.25) is 5.02 Å². The number of amides is 1. The van der Waals surface area contributed by atoms with Gasteiger partial charge in [0.25, 0.3) is 0 Å². The van der Waals surface area contributed by atoms with Crippen LogP contribution < -0.4 is 5.32 Å². The molecule has 2 rings (SSSR count). The maximum absolute atomic E-state index is 13.7. The molecule has 0 radical (unpaired) electrons. The molecule has 36 heavy (non-hydrogen) atoms. The van der Waals surface area contributed by atoms with Crippen LogP contribution in [0.4, 0.5) is 32.0 Å². The van der Waals surface area contributed by atoms with Crippen molar-refractivity contribution in [3.8, 4) is 0 Å². The summed E-state index contributed by atoms with van der Waals surface area (Å²) in [6.07, 6.45) is -9.28. The smallest absolute Gasteiger partial charge is 0.397 e. The lowest BCUT2D eigenvalue weighted by atomic mass is 9.81. The fourth-order valence-corrected chi connectivity index (χ4v) is 3.74. The molecule has 0 aliphatic heterocycles. The molecule has 198 valence electrons. The molecule has 0 fully saturated rings. The fourth-order valence-electron chi connectivity index (χ4n) is 3.57. The predicted molar refractivity (Wildman–Crippen MR) is 124 cm³/mol. The Morgan fingerprint density at radius 3 is 2.00 bits per heavy atom. The molecule has 2 aromatic carbocycles. The lowest BCUT2D eigenvalue weighted by Crippen LogP contribution is -2.36. The number of nitrogens with one attached hydrogen (secondary N) is 1. The van der Waals surface area contributed by atoms with Crippen molar-refractivity contribution in [1.29, 1.82) is 0 Å². The van der Waals surface area contributed by atoms with Gasteiger partial charge in [-0.2, -0.15) is 26.3 Å². The molecule has 4 nitrogen and oxygen atoms in total. The highest BCUT2D eigenvalue weighted by molar-refractivity contribution is 6.33. The van der Waals surface area contributed by atoms with Gasteiger partial charge in [0.1, 0.15) is 0 Å². The van der Waals surface area contributed by atoms with E-state index in [4.69, 9.17) is 16.7 Å². The third-order valence-corrected chi connectivity index (χ3v) is 6.58. The maximum atomic E-state index is 13.7. The second kappa shape index (κ2) is 10.7. The minimum absolute atomic E-state index is 0.00838. The summed E-state index contributed by atoms with van der Waals surface area (Å²) < 4.78 is 81.1. The van der Waals surface area contributed by atoms with Crippen molar-refractivity contribution in [3.05, 3.63) is 64.2 Å². The van der Waals surface area contributed by atoms with Crippen LogP contribution >= 0.6 is 11.6 Å². The molecule has 2 aromatic rings. The normalized spacial score (nSPS) is 15.2. The Morgan fingerprint density at radius 2 is 1.53 bits per heavy atom. The van der Waals surface area contributed by atoms with Gasteiger partial charge >= 0.3 is 18.3 Å². The molecule has 0 bridgehead atoms. The Labute approximate surface area is 209 Å². The van der Waals surface area contributed by atoms with E-state index in [1.54, 1.807) is 0 Å². The number of hydrogen-bond donors (Lipinski definition) is 2. The standard InChI is InChI=1S/C25H26ClF6NO3/c1-13(22(35)36)11-15-5-10-18(26)19(12-15)33-21(34)20(14(2)24(27,28)29)16-6-8-17(9-7-16)23(3,4)25(30,31)32/h5-10,12-14,20H,11H2,1-4H3,(H,33,34)(H,35,36)/t13-,14+,20-/m0/s1. The number of halogens is 7. The van der Waals surface area contributed by atoms with Crippen LogP contribution in [-0.4, -0.2) is 29.3 Å². The van der Waals surface area contributed by atoms with Crippen molar-refractivity contribution in [1.82, 2.24) is 0 Å². The lowest BCUT2D eigenvalue weighted by Gasteiger charge is -2.29. The van der Waals surface area contributed by atoms with E-state index in [0.717, 1.165) is 45.0 Å². The average Bonchev–Trinajstić information content (AvgIpc) is 2.75. The molecular formula is C25H26ClF6NO3. The van der Waals surface area contributed by atoms with E-state index in [0.29, 0.717) is 5.56 Å². The fraction of sp³-hybridized carbons (Fsp3) is 0.440. The first-order valence-electron chi connectivity index (χ1n) is 10.9. The molecule has 0 unspecified atom stereocenters. The molecule has 3 atom stereocenters. The summed E-state index contributed by atoms with van der Waals surface area (Å²) in [6.45, 7) is 4.18. The third kappa shape index (κ3) is 6.72. The second-order valence-electron chi connectivity index (χ2n) is 9.30. The third-order valence-electron chi connectivity index (χ3n) is 6.25. The van der Waals surface area contributed by atoms with Crippen LogP contribution in [0.3, 0.4) is 0 Å². The van der Waals surface area contributed by atoms with Crippen LogP contribution in [0.5, 0.6) is 0 Å². The summed E-state index contributed by atoms with van der Waals surface area (Å²) >= 11 is 6.11. The Balaban J connectivity index is 2.43. The van der Waals surface area contributed by atoms with Gasteiger partial charge in [-0.1, -0.05) is 55.8 Å². The summed E-state index contributed by atoms with van der Waals surface area (Å²) in [5, 5.41) is 11.5. The van der Waals surface area contributed by atoms with Gasteiger partial charge in [-0.3, -0.25) is 9.59 Å². The number of anilines is 1. The number of alkyl halides is 6. The van der Waals surface area contributed by atoms with Crippen LogP contribution in [0.25, 0.3) is 0 Å². The van der Waals surface area contributed by atoms with Crippen molar-refractivity contribution in [2.75, 3.05) is 5.32 Å². The van der Waals surface area contributed by atoms with Crippen molar-refractivity contribution in [2.45, 2.75) is 57.8 Å². The molecule has 11 heteroatoms. The van der Waals surface area contributed by atoms with Crippen LogP contribution in [0, 0.1) is 11.8 Å². The molecule has 0 saturated heterocycles. The van der Waals surface area contributed by atoms with Crippen LogP contribution in [0.15, 0.2) is 42.5 Å². The average molecular weight is 538 g/mol. The van der Waals surface area contributed by atoms with E-state index in [-0.39, 0.29) is 28.3 Å². The van der Waals surface area contributed by atoms with Crippen LogP contribution in [-0.2, 0) is 21.4 Å². The first kappa shape index (κ1) is 29.5. The lowest BCUT2D eigenvalue weighted by molar-refractivity contribution is -0.180. The molecule has 2 N–H and O–H groups in total. The predicted octanol–water partition coefficient (Wildman–Crippen LogP) is 7.36. The Kier molecular flexibility index (Phi) is 8.76. The highest BCUT2D eigenvalue weighted by Gasteiger charge is 2.49. The summed E-state index contributed by atoms with van der Waals surface area (Å²) in [4.78, 5) is 24.2. The highest BCUT2D eigenvalue weighted by atomic mass is 35.5. The summed E-state index contributed by atoms with van der Waals surface area (Å²) in [5.41, 5.74) is -2.05. The number of carboxylic acid groups (broad SMARTS) is 1. The molecule has 0 aliphatic carbocycles. The molecule has 0 aliphatic rings. The van der Waals surface area contributed by atoms with Crippen molar-refractivity contribution in [2.24, 2.45) is 11.8 Å². The number of aliphatic carboxylic acids is 1. The number of hydrogen-bond acceptors (Lipinski definition) is 2. The number of carbonyl (C=O) groups excluding carboxylic acids is 1. The largest absolute Gasteiger partial charge is 0.481 e. The zero-order valence-electron chi connectivity index (χ0n) is 19.9. The quantitative estimate of drug-likeness (QED) is 0.346. The minimum atomic E-state index is -4.78. The number of carboxylic acids is 1. The molecular weight excluding hydrogens is 512 g/mol. The highest BCUT2D eigenvalue weighted by Crippen LogP contribution is 2.42. The zero-order valence-corrected chi connectivity index (χ0v) is 20.6. The SMILES string of the molecule is C[C@H]([C@H](C(=O)Nc1cc(C[C@H](C)C(=O)O)ccc1Cl)c1ccc(C(C)(C)C(F)(F)F)cc1)C(F)(F)F. The van der Waals surface area contributed by atoms with Crippen molar-refractivity contribution >= 4 is 29.2 Å². The van der Waals surface area contributed by atoms with Gasteiger partial charge in [0.05, 0.1) is 33.9 Å². The van der Waals surface area contributed by atoms with E-state index >= 15 is 0 Å². The van der Waals surface area contributed by atoms with Gasteiger partial charge in [-0.05, 0) is 49.1 Å². The second-order valence-corrected chi connectivity index (χ2v) is 9.71. The van der Waals surface area contributed by atoms with E-state index < -0.39 is 47.4 Å². The van der Waals surface area contributed by atoms with Gasteiger partial charge in [-0.15, -0.1) is 0 Å². The van der Waals surface area contributed by atoms with Gasteiger partial charge in [0, 0.05) is 0 Å². The molecule has 0 aromatic heterocycles.